The van der Waals surface area contributed by atoms with Gasteiger partial charge in [-0.2, -0.15) is 0 Å². The summed E-state index contributed by atoms with van der Waals surface area (Å²) in [6, 6.07) is 0. The number of aliphatic hydroxyl groups excluding tert-OH is 1. The van der Waals surface area contributed by atoms with Crippen LogP contribution in [-0.4, -0.2) is 60.7 Å². The molecule has 1 amide bonds. The van der Waals surface area contributed by atoms with Gasteiger partial charge in [0.05, 0.1) is 6.54 Å². The van der Waals surface area contributed by atoms with Crippen LogP contribution in [0.4, 0.5) is 0 Å². The van der Waals surface area contributed by atoms with Crippen molar-refractivity contribution in [2.75, 3.05) is 33.3 Å². The first-order valence-electron chi connectivity index (χ1n) is 8.64. The summed E-state index contributed by atoms with van der Waals surface area (Å²) >= 11 is 0. The highest BCUT2D eigenvalue weighted by Gasteiger charge is 2.17. The molecule has 0 aliphatic rings. The van der Waals surface area contributed by atoms with Gasteiger partial charge in [-0.1, -0.05) is 13.3 Å². The van der Waals surface area contributed by atoms with Crippen LogP contribution in [0.5, 0.6) is 0 Å². The van der Waals surface area contributed by atoms with E-state index in [4.69, 9.17) is 5.11 Å². The van der Waals surface area contributed by atoms with E-state index in [1.165, 1.54) is 0 Å². The van der Waals surface area contributed by atoms with Crippen molar-refractivity contribution < 1.29 is 9.90 Å². The maximum Gasteiger partial charge on any atom is 0.240 e. The SMILES string of the molecule is CCCC(CCO)CN=C(NCC)N(C)CC(=O)NC(C)(C)C. The summed E-state index contributed by atoms with van der Waals surface area (Å²) in [6.45, 7) is 11.9. The first-order valence-corrected chi connectivity index (χ1v) is 8.64. The molecule has 0 aliphatic carbocycles. The lowest BCUT2D eigenvalue weighted by molar-refractivity contribution is -0.122. The van der Waals surface area contributed by atoms with E-state index in [1.807, 2.05) is 39.6 Å². The van der Waals surface area contributed by atoms with Crippen LogP contribution in [0.1, 0.15) is 53.9 Å². The molecule has 0 spiro atoms. The highest BCUT2D eigenvalue weighted by Crippen LogP contribution is 2.11. The van der Waals surface area contributed by atoms with E-state index in [1.54, 1.807) is 0 Å². The van der Waals surface area contributed by atoms with Gasteiger partial charge in [0.1, 0.15) is 0 Å². The quantitative estimate of drug-likeness (QED) is 0.444. The Morgan fingerprint density at radius 1 is 1.26 bits per heavy atom. The molecule has 0 aliphatic heterocycles. The van der Waals surface area contributed by atoms with Crippen LogP contribution < -0.4 is 10.6 Å². The number of rotatable bonds is 9. The zero-order valence-corrected chi connectivity index (χ0v) is 15.8. The van der Waals surface area contributed by atoms with Gasteiger partial charge in [0.2, 0.25) is 5.91 Å². The Morgan fingerprint density at radius 3 is 2.39 bits per heavy atom. The Morgan fingerprint density at radius 2 is 1.91 bits per heavy atom. The fourth-order valence-electron chi connectivity index (χ4n) is 2.35. The van der Waals surface area contributed by atoms with Gasteiger partial charge >= 0.3 is 0 Å². The van der Waals surface area contributed by atoms with Crippen molar-refractivity contribution in [2.45, 2.75) is 59.4 Å². The molecule has 0 saturated heterocycles. The highest BCUT2D eigenvalue weighted by atomic mass is 16.3. The number of aliphatic imine (C=N–C) groups is 1. The molecule has 0 aromatic heterocycles. The van der Waals surface area contributed by atoms with Gasteiger partial charge in [0.15, 0.2) is 5.96 Å². The summed E-state index contributed by atoms with van der Waals surface area (Å²) in [4.78, 5) is 18.5. The van der Waals surface area contributed by atoms with Crippen molar-refractivity contribution in [3.8, 4) is 0 Å². The second-order valence-corrected chi connectivity index (χ2v) is 7.02. The van der Waals surface area contributed by atoms with Crippen molar-refractivity contribution in [1.82, 2.24) is 15.5 Å². The van der Waals surface area contributed by atoms with Gasteiger partial charge in [-0.05, 0) is 46.5 Å². The molecule has 3 N–H and O–H groups in total. The Balaban J connectivity index is 4.73. The molecule has 6 nitrogen and oxygen atoms in total. The van der Waals surface area contributed by atoms with Gasteiger partial charge in [-0.15, -0.1) is 0 Å². The first kappa shape index (κ1) is 21.7. The third-order valence-electron chi connectivity index (χ3n) is 3.33. The standard InChI is InChI=1S/C17H36N4O2/c1-7-9-14(10-11-22)12-19-16(18-8-2)21(6)13-15(23)20-17(3,4)5/h14,22H,7-13H2,1-6H3,(H,18,19)(H,20,23). The minimum absolute atomic E-state index is 0.0222. The summed E-state index contributed by atoms with van der Waals surface area (Å²) in [7, 11) is 1.87. The monoisotopic (exact) mass is 328 g/mol. The average Bonchev–Trinajstić information content (AvgIpc) is 2.41. The van der Waals surface area contributed by atoms with Crippen molar-refractivity contribution in [3.05, 3.63) is 0 Å². The minimum Gasteiger partial charge on any atom is -0.396 e. The fraction of sp³-hybridized carbons (Fsp3) is 0.882. The number of nitrogens with one attached hydrogen (secondary N) is 2. The topological polar surface area (TPSA) is 77.0 Å². The Labute approximate surface area is 141 Å². The number of carbonyl (C=O) groups excluding carboxylic acids is 1. The molecule has 0 aromatic rings. The van der Waals surface area contributed by atoms with Crippen LogP contribution in [0, 0.1) is 5.92 Å². The number of aliphatic hydroxyl groups is 1. The summed E-state index contributed by atoms with van der Waals surface area (Å²) in [6.07, 6.45) is 2.91. The lowest BCUT2D eigenvalue weighted by Gasteiger charge is -2.26. The molecule has 0 bridgehead atoms. The smallest absolute Gasteiger partial charge is 0.240 e. The van der Waals surface area contributed by atoms with E-state index >= 15 is 0 Å². The number of hydrogen-bond acceptors (Lipinski definition) is 3. The second-order valence-electron chi connectivity index (χ2n) is 7.02. The molecule has 0 radical (unpaired) electrons. The van der Waals surface area contributed by atoms with Crippen LogP contribution in [-0.2, 0) is 4.79 Å². The fourth-order valence-corrected chi connectivity index (χ4v) is 2.35. The molecule has 0 heterocycles. The molecule has 6 heteroatoms. The molecule has 23 heavy (non-hydrogen) atoms. The van der Waals surface area contributed by atoms with Gasteiger partial charge in [-0.25, -0.2) is 0 Å². The van der Waals surface area contributed by atoms with Crippen LogP contribution in [0.15, 0.2) is 4.99 Å². The van der Waals surface area contributed by atoms with E-state index in [2.05, 4.69) is 22.5 Å². The maximum absolute atomic E-state index is 12.1. The molecule has 136 valence electrons. The normalized spacial score (nSPS) is 13.6. The van der Waals surface area contributed by atoms with E-state index in [0.29, 0.717) is 12.5 Å². The molecule has 1 unspecified atom stereocenters. The van der Waals surface area contributed by atoms with Crippen LogP contribution in [0.3, 0.4) is 0 Å². The molecular formula is C17H36N4O2. The van der Waals surface area contributed by atoms with E-state index in [0.717, 1.165) is 31.8 Å². The van der Waals surface area contributed by atoms with E-state index < -0.39 is 0 Å². The lowest BCUT2D eigenvalue weighted by atomic mass is 10.0. The summed E-state index contributed by atoms with van der Waals surface area (Å²) < 4.78 is 0. The van der Waals surface area contributed by atoms with Crippen LogP contribution in [0.25, 0.3) is 0 Å². The maximum atomic E-state index is 12.1. The number of nitrogens with zero attached hydrogens (tertiary/aromatic N) is 2. The Hall–Kier alpha value is -1.30. The first-order chi connectivity index (χ1) is 10.7. The van der Waals surface area contributed by atoms with E-state index in [-0.39, 0.29) is 24.6 Å². The molecule has 0 fully saturated rings. The van der Waals surface area contributed by atoms with Crippen LogP contribution >= 0.6 is 0 Å². The molecule has 0 aromatic carbocycles. The Bertz CT molecular complexity index is 358. The van der Waals surface area contributed by atoms with Crippen molar-refractivity contribution in [2.24, 2.45) is 10.9 Å². The molecule has 0 rings (SSSR count). The summed E-state index contributed by atoms with van der Waals surface area (Å²) in [5, 5.41) is 15.3. The number of guanidine groups is 1. The zero-order valence-electron chi connectivity index (χ0n) is 15.8. The third-order valence-corrected chi connectivity index (χ3v) is 3.33. The van der Waals surface area contributed by atoms with Crippen molar-refractivity contribution in [3.63, 3.8) is 0 Å². The lowest BCUT2D eigenvalue weighted by Crippen LogP contribution is -2.48. The van der Waals surface area contributed by atoms with Gasteiger partial charge < -0.3 is 20.6 Å². The molecule has 1 atom stereocenters. The zero-order chi connectivity index (χ0) is 17.9. The number of hydrogen-bond donors (Lipinski definition) is 3. The Kier molecular flexibility index (Phi) is 10.6. The number of carbonyl (C=O) groups is 1. The second kappa shape index (κ2) is 11.3. The predicted molar refractivity (Wildman–Crippen MR) is 96.6 cm³/mol. The van der Waals surface area contributed by atoms with Crippen LogP contribution in [0.2, 0.25) is 0 Å². The molecule has 0 saturated carbocycles. The van der Waals surface area contributed by atoms with Gasteiger partial charge in [0, 0.05) is 32.3 Å². The highest BCUT2D eigenvalue weighted by molar-refractivity contribution is 5.86. The van der Waals surface area contributed by atoms with Gasteiger partial charge in [0.25, 0.3) is 0 Å². The average molecular weight is 329 g/mol. The van der Waals surface area contributed by atoms with Crippen molar-refractivity contribution >= 4 is 11.9 Å². The predicted octanol–water partition coefficient (Wildman–Crippen LogP) is 1.60. The summed E-state index contributed by atoms with van der Waals surface area (Å²) in [5.41, 5.74) is -0.235. The van der Waals surface area contributed by atoms with Gasteiger partial charge in [-0.3, -0.25) is 9.79 Å². The number of likely N-dealkylation sites (N-methyl/N-ethyl adjacent to an activating group) is 1. The largest absolute Gasteiger partial charge is 0.396 e. The van der Waals surface area contributed by atoms with E-state index in [9.17, 15) is 4.79 Å². The minimum atomic E-state index is -0.235. The third kappa shape index (κ3) is 11.0. The summed E-state index contributed by atoms with van der Waals surface area (Å²) in [5.74, 6) is 1.09. The number of amides is 1. The van der Waals surface area contributed by atoms with Crippen molar-refractivity contribution in [1.29, 1.82) is 0 Å². The molecular weight excluding hydrogens is 292 g/mol.